The lowest BCUT2D eigenvalue weighted by molar-refractivity contribution is -0.143. The van der Waals surface area contributed by atoms with Crippen LogP contribution in [0.15, 0.2) is 84.9 Å². The lowest BCUT2D eigenvalue weighted by atomic mass is 10.0. The summed E-state index contributed by atoms with van der Waals surface area (Å²) in [5.41, 5.74) is 3.99. The average Bonchev–Trinajstić information content (AvgIpc) is 2.78. The van der Waals surface area contributed by atoms with Crippen LogP contribution in [0.5, 0.6) is 0 Å². The molecule has 0 aromatic heterocycles. The molecule has 0 aliphatic rings. The number of nitrogens with one attached hydrogen (secondary N) is 1. The Hall–Kier alpha value is -3.60. The van der Waals surface area contributed by atoms with Gasteiger partial charge in [-0.1, -0.05) is 84.9 Å². The van der Waals surface area contributed by atoms with Gasteiger partial charge in [-0.2, -0.15) is 0 Å². The third-order valence-corrected chi connectivity index (χ3v) is 4.49. The maximum atomic E-state index is 12.2. The van der Waals surface area contributed by atoms with Crippen LogP contribution in [0.4, 0.5) is 4.79 Å². The van der Waals surface area contributed by atoms with E-state index in [1.165, 1.54) is 7.11 Å². The van der Waals surface area contributed by atoms with Crippen LogP contribution in [0, 0.1) is 0 Å². The zero-order valence-electron chi connectivity index (χ0n) is 16.2. The molecular formula is C24H23NO4. The summed E-state index contributed by atoms with van der Waals surface area (Å²) >= 11 is 0. The van der Waals surface area contributed by atoms with E-state index in [4.69, 9.17) is 9.47 Å². The van der Waals surface area contributed by atoms with Gasteiger partial charge in [-0.05, 0) is 22.3 Å². The first-order valence-corrected chi connectivity index (χ1v) is 9.35. The summed E-state index contributed by atoms with van der Waals surface area (Å²) in [6.45, 7) is 0.111. The van der Waals surface area contributed by atoms with Crippen LogP contribution in [0.3, 0.4) is 0 Å². The van der Waals surface area contributed by atoms with Crippen molar-refractivity contribution in [3.05, 3.63) is 96.1 Å². The van der Waals surface area contributed by atoms with Crippen LogP contribution in [0.2, 0.25) is 0 Å². The van der Waals surface area contributed by atoms with Crippen LogP contribution >= 0.6 is 0 Å². The van der Waals surface area contributed by atoms with Crippen molar-refractivity contribution in [3.63, 3.8) is 0 Å². The summed E-state index contributed by atoms with van der Waals surface area (Å²) in [6.07, 6.45) is -0.336. The third kappa shape index (κ3) is 5.94. The number of carbonyl (C=O) groups excluding carboxylic acids is 2. The fraction of sp³-hybridized carbons (Fsp3) is 0.167. The summed E-state index contributed by atoms with van der Waals surface area (Å²) in [5, 5.41) is 2.59. The fourth-order valence-electron chi connectivity index (χ4n) is 2.94. The van der Waals surface area contributed by atoms with Crippen LogP contribution in [-0.2, 0) is 27.3 Å². The molecule has 0 saturated heterocycles. The van der Waals surface area contributed by atoms with Gasteiger partial charge in [0, 0.05) is 6.42 Å². The first kappa shape index (κ1) is 20.1. The molecule has 0 spiro atoms. The topological polar surface area (TPSA) is 64.6 Å². The molecule has 3 aromatic rings. The van der Waals surface area contributed by atoms with E-state index in [-0.39, 0.29) is 6.61 Å². The maximum Gasteiger partial charge on any atom is 0.408 e. The van der Waals surface area contributed by atoms with Crippen molar-refractivity contribution < 1.29 is 19.1 Å². The van der Waals surface area contributed by atoms with E-state index in [0.29, 0.717) is 6.42 Å². The molecule has 1 unspecified atom stereocenters. The Morgan fingerprint density at radius 2 is 1.38 bits per heavy atom. The Kier molecular flexibility index (Phi) is 7.00. The Balaban J connectivity index is 1.55. The molecule has 5 heteroatoms. The van der Waals surface area contributed by atoms with E-state index in [1.807, 2.05) is 84.9 Å². The molecule has 3 aromatic carbocycles. The molecular weight excluding hydrogens is 366 g/mol. The molecule has 0 radical (unpaired) electrons. The Bertz CT molecular complexity index is 924. The summed E-state index contributed by atoms with van der Waals surface area (Å²) in [5.74, 6) is -0.516. The van der Waals surface area contributed by atoms with E-state index in [0.717, 1.165) is 22.3 Å². The second-order valence-electron chi connectivity index (χ2n) is 6.55. The number of benzene rings is 3. The minimum absolute atomic E-state index is 0.111. The smallest absolute Gasteiger partial charge is 0.408 e. The van der Waals surface area contributed by atoms with Gasteiger partial charge in [0.05, 0.1) is 7.11 Å². The molecule has 3 rings (SSSR count). The quantitative estimate of drug-likeness (QED) is 0.610. The van der Waals surface area contributed by atoms with Gasteiger partial charge in [-0.25, -0.2) is 9.59 Å². The predicted octanol–water partition coefficient (Wildman–Crippen LogP) is 4.36. The van der Waals surface area contributed by atoms with Crippen molar-refractivity contribution >= 4 is 12.1 Å². The van der Waals surface area contributed by atoms with Crippen LogP contribution < -0.4 is 5.32 Å². The number of hydrogen-bond donors (Lipinski definition) is 1. The Morgan fingerprint density at radius 3 is 2.00 bits per heavy atom. The largest absolute Gasteiger partial charge is 0.467 e. The van der Waals surface area contributed by atoms with Gasteiger partial charge in [0.1, 0.15) is 12.6 Å². The van der Waals surface area contributed by atoms with E-state index in [1.54, 1.807) is 0 Å². The molecule has 0 saturated carbocycles. The number of amides is 1. The van der Waals surface area contributed by atoms with E-state index < -0.39 is 18.1 Å². The fourth-order valence-corrected chi connectivity index (χ4v) is 2.94. The van der Waals surface area contributed by atoms with E-state index in [2.05, 4.69) is 5.32 Å². The number of alkyl carbamates (subject to hydrolysis) is 1. The molecule has 29 heavy (non-hydrogen) atoms. The van der Waals surface area contributed by atoms with Gasteiger partial charge in [-0.15, -0.1) is 0 Å². The zero-order chi connectivity index (χ0) is 20.5. The number of ether oxygens (including phenoxy) is 2. The van der Waals surface area contributed by atoms with Crippen LogP contribution in [0.25, 0.3) is 11.1 Å². The lowest BCUT2D eigenvalue weighted by Crippen LogP contribution is -2.43. The van der Waals surface area contributed by atoms with Gasteiger partial charge in [-0.3, -0.25) is 0 Å². The Labute approximate surface area is 170 Å². The molecule has 1 N–H and O–H groups in total. The summed E-state index contributed by atoms with van der Waals surface area (Å²) in [4.78, 5) is 24.2. The molecule has 1 atom stereocenters. The summed E-state index contributed by atoms with van der Waals surface area (Å²) in [7, 11) is 1.29. The number of methoxy groups -OCH3 is 1. The van der Waals surface area contributed by atoms with Crippen LogP contribution in [-0.4, -0.2) is 25.2 Å². The highest BCUT2D eigenvalue weighted by atomic mass is 16.6. The number of esters is 1. The molecule has 148 valence electrons. The third-order valence-electron chi connectivity index (χ3n) is 4.49. The molecule has 0 fully saturated rings. The molecule has 1 amide bonds. The van der Waals surface area contributed by atoms with Crippen molar-refractivity contribution in [1.82, 2.24) is 5.32 Å². The molecule has 0 aliphatic heterocycles. The standard InChI is InChI=1S/C24H23NO4/c1-28-23(26)22(16-18-8-4-2-5-9-18)25-24(27)29-17-19-12-14-21(15-13-19)20-10-6-3-7-11-20/h2-15,22H,16-17H2,1H3,(H,25,27). The van der Waals surface area contributed by atoms with E-state index in [9.17, 15) is 9.59 Å². The van der Waals surface area contributed by atoms with Gasteiger partial charge >= 0.3 is 12.1 Å². The van der Waals surface area contributed by atoms with E-state index >= 15 is 0 Å². The van der Waals surface area contributed by atoms with Crippen molar-refractivity contribution in [1.29, 1.82) is 0 Å². The maximum absolute atomic E-state index is 12.2. The van der Waals surface area contributed by atoms with Crippen molar-refractivity contribution in [3.8, 4) is 11.1 Å². The summed E-state index contributed by atoms with van der Waals surface area (Å²) in [6, 6.07) is 26.4. The highest BCUT2D eigenvalue weighted by Crippen LogP contribution is 2.19. The van der Waals surface area contributed by atoms with Crippen molar-refractivity contribution in [2.45, 2.75) is 19.1 Å². The average molecular weight is 389 g/mol. The van der Waals surface area contributed by atoms with Crippen molar-refractivity contribution in [2.24, 2.45) is 0 Å². The molecule has 0 aliphatic carbocycles. The highest BCUT2D eigenvalue weighted by Gasteiger charge is 2.22. The minimum Gasteiger partial charge on any atom is -0.467 e. The first-order chi connectivity index (χ1) is 14.2. The van der Waals surface area contributed by atoms with Gasteiger partial charge in [0.2, 0.25) is 0 Å². The molecule has 0 bridgehead atoms. The zero-order valence-corrected chi connectivity index (χ0v) is 16.2. The van der Waals surface area contributed by atoms with Crippen LogP contribution in [0.1, 0.15) is 11.1 Å². The normalized spacial score (nSPS) is 11.3. The SMILES string of the molecule is COC(=O)C(Cc1ccccc1)NC(=O)OCc1ccc(-c2ccccc2)cc1. The minimum atomic E-state index is -0.810. The van der Waals surface area contributed by atoms with Gasteiger partial charge < -0.3 is 14.8 Å². The number of hydrogen-bond acceptors (Lipinski definition) is 4. The highest BCUT2D eigenvalue weighted by molar-refractivity contribution is 5.81. The Morgan fingerprint density at radius 1 is 0.793 bits per heavy atom. The van der Waals surface area contributed by atoms with Crippen molar-refractivity contribution in [2.75, 3.05) is 7.11 Å². The molecule has 0 heterocycles. The first-order valence-electron chi connectivity index (χ1n) is 9.35. The monoisotopic (exact) mass is 389 g/mol. The number of carbonyl (C=O) groups is 2. The second-order valence-corrected chi connectivity index (χ2v) is 6.55. The lowest BCUT2D eigenvalue weighted by Gasteiger charge is -2.16. The molecule has 5 nitrogen and oxygen atoms in total. The second kappa shape index (κ2) is 10.1. The van der Waals surface area contributed by atoms with Gasteiger partial charge in [0.15, 0.2) is 0 Å². The van der Waals surface area contributed by atoms with Gasteiger partial charge in [0.25, 0.3) is 0 Å². The number of rotatable bonds is 7. The predicted molar refractivity (Wildman–Crippen MR) is 111 cm³/mol. The summed E-state index contributed by atoms with van der Waals surface area (Å²) < 4.78 is 10.1.